The number of carbonyl (C=O) groups is 1. The number of fused-ring (bicyclic) bond motifs is 1. The number of benzene rings is 2. The number of methoxy groups -OCH3 is 1. The third-order valence-corrected chi connectivity index (χ3v) is 5.61. The Morgan fingerprint density at radius 2 is 2.10 bits per heavy atom. The maximum absolute atomic E-state index is 13.2. The Labute approximate surface area is 181 Å². The maximum atomic E-state index is 13.2. The smallest absolute Gasteiger partial charge is 0.322 e. The minimum absolute atomic E-state index is 0.0369. The van der Waals surface area contributed by atoms with E-state index < -0.39 is 0 Å². The van der Waals surface area contributed by atoms with Crippen LogP contribution in [0, 0.1) is 6.92 Å². The van der Waals surface area contributed by atoms with Gasteiger partial charge in [0.05, 0.1) is 31.0 Å². The number of aromatic nitrogens is 1. The van der Waals surface area contributed by atoms with Crippen molar-refractivity contribution in [2.75, 3.05) is 25.6 Å². The van der Waals surface area contributed by atoms with Gasteiger partial charge in [-0.15, -0.1) is 0 Å². The number of anilines is 1. The summed E-state index contributed by atoms with van der Waals surface area (Å²) in [6.07, 6.45) is 1.83. The molecule has 4 rings (SSSR count). The van der Waals surface area contributed by atoms with E-state index in [4.69, 9.17) is 9.47 Å². The monoisotopic (exact) mass is 421 g/mol. The first kappa shape index (κ1) is 20.9. The minimum Gasteiger partial charge on any atom is -0.495 e. The van der Waals surface area contributed by atoms with Crippen LogP contribution in [-0.2, 0) is 11.3 Å². The minimum atomic E-state index is -0.302. The molecule has 0 unspecified atom stereocenters. The summed E-state index contributed by atoms with van der Waals surface area (Å²) >= 11 is 0. The van der Waals surface area contributed by atoms with Crippen molar-refractivity contribution in [2.24, 2.45) is 0 Å². The zero-order valence-electron chi connectivity index (χ0n) is 17.8. The Bertz CT molecular complexity index is 1140. The van der Waals surface area contributed by atoms with Crippen LogP contribution in [0.2, 0.25) is 0 Å². The summed E-state index contributed by atoms with van der Waals surface area (Å²) in [6, 6.07) is 14.7. The lowest BCUT2D eigenvalue weighted by Gasteiger charge is -2.26. The number of rotatable bonds is 6. The van der Waals surface area contributed by atoms with E-state index in [1.165, 1.54) is 0 Å². The number of hydrogen-bond acceptors (Lipinski definition) is 4. The lowest BCUT2D eigenvalue weighted by molar-refractivity contribution is 0.0818. The highest BCUT2D eigenvalue weighted by Crippen LogP contribution is 2.24. The summed E-state index contributed by atoms with van der Waals surface area (Å²) in [5.41, 5.74) is 2.75. The molecule has 3 aromatic rings. The Kier molecular flexibility index (Phi) is 6.23. The van der Waals surface area contributed by atoms with Gasteiger partial charge < -0.3 is 24.7 Å². The number of nitrogens with one attached hydrogen (secondary N) is 2. The number of para-hydroxylation sites is 3. The molecule has 2 heterocycles. The predicted molar refractivity (Wildman–Crippen MR) is 121 cm³/mol. The quantitative estimate of drug-likeness (QED) is 0.629. The number of amides is 2. The van der Waals surface area contributed by atoms with Crippen molar-refractivity contribution in [3.63, 3.8) is 0 Å². The van der Waals surface area contributed by atoms with Gasteiger partial charge >= 0.3 is 6.03 Å². The van der Waals surface area contributed by atoms with Crippen molar-refractivity contribution < 1.29 is 14.3 Å². The topological polar surface area (TPSA) is 83.7 Å². The molecule has 7 heteroatoms. The highest BCUT2D eigenvalue weighted by Gasteiger charge is 2.24. The first-order valence-corrected chi connectivity index (χ1v) is 10.5. The number of pyridine rings is 1. The summed E-state index contributed by atoms with van der Waals surface area (Å²) in [5, 5.41) is 3.86. The molecule has 1 atom stereocenters. The number of carbonyl (C=O) groups excluding carboxylic acids is 1. The van der Waals surface area contributed by atoms with Gasteiger partial charge in [0, 0.05) is 18.7 Å². The van der Waals surface area contributed by atoms with E-state index in [1.54, 1.807) is 24.1 Å². The number of H-pyrrole nitrogens is 1. The lowest BCUT2D eigenvalue weighted by Crippen LogP contribution is -2.40. The van der Waals surface area contributed by atoms with E-state index in [2.05, 4.69) is 10.3 Å². The lowest BCUT2D eigenvalue weighted by atomic mass is 10.1. The highest BCUT2D eigenvalue weighted by atomic mass is 16.5. The van der Waals surface area contributed by atoms with E-state index in [9.17, 15) is 9.59 Å². The summed E-state index contributed by atoms with van der Waals surface area (Å²) in [4.78, 5) is 30.6. The predicted octanol–water partition coefficient (Wildman–Crippen LogP) is 4.06. The van der Waals surface area contributed by atoms with Crippen LogP contribution in [0.1, 0.15) is 24.0 Å². The average Bonchev–Trinajstić information content (AvgIpc) is 3.28. The standard InChI is InChI=1S/C24H27N3O4/c1-16-7-5-8-17-13-18(23(28)26-22(16)17)14-27(15-19-9-6-12-31-19)24(29)25-20-10-3-4-11-21(20)30-2/h3-5,7-8,10-11,13,19H,6,9,12,14-15H2,1-2H3,(H,25,29)(H,26,28)/t19-/m1/s1. The van der Waals surface area contributed by atoms with Crippen molar-refractivity contribution in [3.05, 3.63) is 70.0 Å². The number of urea groups is 1. The SMILES string of the molecule is COc1ccccc1NC(=O)N(Cc1cc2cccc(C)c2[nH]c1=O)C[C@H]1CCCO1. The fraction of sp³-hybridized carbons (Fsp3) is 0.333. The van der Waals surface area contributed by atoms with E-state index >= 15 is 0 Å². The molecule has 0 spiro atoms. The molecule has 2 N–H and O–H groups in total. The summed E-state index contributed by atoms with van der Waals surface area (Å²) in [5.74, 6) is 0.576. The van der Waals surface area contributed by atoms with Crippen LogP contribution < -0.4 is 15.6 Å². The van der Waals surface area contributed by atoms with Crippen LogP contribution in [0.4, 0.5) is 10.5 Å². The molecule has 2 amide bonds. The molecule has 0 radical (unpaired) electrons. The van der Waals surface area contributed by atoms with Crippen LogP contribution in [-0.4, -0.2) is 42.3 Å². The molecule has 1 saturated heterocycles. The second-order valence-corrected chi connectivity index (χ2v) is 7.81. The van der Waals surface area contributed by atoms with Crippen LogP contribution in [0.25, 0.3) is 10.9 Å². The Morgan fingerprint density at radius 1 is 1.26 bits per heavy atom. The van der Waals surface area contributed by atoms with E-state index in [0.29, 0.717) is 30.2 Å². The summed E-state index contributed by atoms with van der Waals surface area (Å²) < 4.78 is 11.1. The fourth-order valence-corrected chi connectivity index (χ4v) is 3.95. The Morgan fingerprint density at radius 3 is 2.87 bits per heavy atom. The molecular formula is C24H27N3O4. The van der Waals surface area contributed by atoms with Gasteiger partial charge in [-0.25, -0.2) is 4.79 Å². The molecule has 162 valence electrons. The molecule has 31 heavy (non-hydrogen) atoms. The van der Waals surface area contributed by atoms with E-state index in [0.717, 1.165) is 29.3 Å². The molecule has 0 aliphatic carbocycles. The first-order valence-electron chi connectivity index (χ1n) is 10.5. The normalized spacial score (nSPS) is 15.7. The number of nitrogens with zero attached hydrogens (tertiary/aromatic N) is 1. The zero-order chi connectivity index (χ0) is 21.8. The van der Waals surface area contributed by atoms with Gasteiger partial charge in [0.1, 0.15) is 5.75 Å². The van der Waals surface area contributed by atoms with Crippen LogP contribution in [0.15, 0.2) is 53.3 Å². The van der Waals surface area contributed by atoms with Gasteiger partial charge in [-0.2, -0.15) is 0 Å². The van der Waals surface area contributed by atoms with Gasteiger partial charge in [-0.3, -0.25) is 4.79 Å². The van der Waals surface area contributed by atoms with Crippen LogP contribution in [0.3, 0.4) is 0 Å². The van der Waals surface area contributed by atoms with Crippen molar-refractivity contribution in [1.29, 1.82) is 0 Å². The van der Waals surface area contributed by atoms with Crippen molar-refractivity contribution >= 4 is 22.6 Å². The molecule has 1 aromatic heterocycles. The Hall–Kier alpha value is -3.32. The third-order valence-electron chi connectivity index (χ3n) is 5.61. The maximum Gasteiger partial charge on any atom is 0.322 e. The van der Waals surface area contributed by atoms with Gasteiger partial charge in [-0.1, -0.05) is 30.3 Å². The fourth-order valence-electron chi connectivity index (χ4n) is 3.95. The molecule has 1 fully saturated rings. The van der Waals surface area contributed by atoms with E-state index in [1.807, 2.05) is 43.3 Å². The second kappa shape index (κ2) is 9.22. The number of hydrogen-bond donors (Lipinski definition) is 2. The van der Waals surface area contributed by atoms with Gasteiger partial charge in [0.25, 0.3) is 5.56 Å². The average molecular weight is 421 g/mol. The molecular weight excluding hydrogens is 394 g/mol. The highest BCUT2D eigenvalue weighted by molar-refractivity contribution is 5.91. The molecule has 2 aromatic carbocycles. The third kappa shape index (κ3) is 4.72. The van der Waals surface area contributed by atoms with Crippen LogP contribution in [0.5, 0.6) is 5.75 Å². The first-order chi connectivity index (χ1) is 15.0. The zero-order valence-corrected chi connectivity index (χ0v) is 17.8. The van der Waals surface area contributed by atoms with Crippen molar-refractivity contribution in [2.45, 2.75) is 32.4 Å². The van der Waals surface area contributed by atoms with Crippen LogP contribution >= 0.6 is 0 Å². The number of aryl methyl sites for hydroxylation is 1. The molecule has 0 bridgehead atoms. The summed E-state index contributed by atoms with van der Waals surface area (Å²) in [7, 11) is 1.56. The Balaban J connectivity index is 1.62. The van der Waals surface area contributed by atoms with Gasteiger partial charge in [0.15, 0.2) is 0 Å². The number of ether oxygens (including phenoxy) is 2. The van der Waals surface area contributed by atoms with Gasteiger partial charge in [-0.05, 0) is 48.9 Å². The second-order valence-electron chi connectivity index (χ2n) is 7.81. The number of aromatic amines is 1. The largest absolute Gasteiger partial charge is 0.495 e. The summed E-state index contributed by atoms with van der Waals surface area (Å²) in [6.45, 7) is 3.25. The molecule has 7 nitrogen and oxygen atoms in total. The molecule has 0 saturated carbocycles. The molecule has 1 aliphatic rings. The van der Waals surface area contributed by atoms with E-state index in [-0.39, 0.29) is 24.2 Å². The molecule has 1 aliphatic heterocycles. The van der Waals surface area contributed by atoms with Crippen molar-refractivity contribution in [3.8, 4) is 5.75 Å². The van der Waals surface area contributed by atoms with Gasteiger partial charge in [0.2, 0.25) is 0 Å². The van der Waals surface area contributed by atoms with Crippen molar-refractivity contribution in [1.82, 2.24) is 9.88 Å².